The van der Waals surface area contributed by atoms with E-state index in [1.54, 1.807) is 18.3 Å². The van der Waals surface area contributed by atoms with Crippen molar-refractivity contribution in [1.29, 1.82) is 0 Å². The number of benzene rings is 1. The Labute approximate surface area is 175 Å². The maximum Gasteiger partial charge on any atom is 0.412 e. The van der Waals surface area contributed by atoms with Crippen molar-refractivity contribution >= 4 is 29.4 Å². The molecule has 0 spiro atoms. The van der Waals surface area contributed by atoms with Gasteiger partial charge in [-0.3, -0.25) is 9.66 Å². The molecule has 0 bridgehead atoms. The van der Waals surface area contributed by atoms with Gasteiger partial charge in [-0.05, 0) is 55.2 Å². The van der Waals surface area contributed by atoms with Crippen molar-refractivity contribution in [3.63, 3.8) is 0 Å². The minimum Gasteiger partial charge on any atom is -0.410 e. The highest BCUT2D eigenvalue weighted by atomic mass is 35.5. The molecular formula is C21H26ClFN4O2. The van der Waals surface area contributed by atoms with Gasteiger partial charge in [0.25, 0.3) is 0 Å². The lowest BCUT2D eigenvalue weighted by molar-refractivity contribution is 0.200. The van der Waals surface area contributed by atoms with Crippen LogP contribution in [0.3, 0.4) is 0 Å². The summed E-state index contributed by atoms with van der Waals surface area (Å²) in [7, 11) is 0. The number of carbonyl (C=O) groups is 1. The van der Waals surface area contributed by atoms with Crippen LogP contribution < -0.4 is 15.5 Å². The number of hydrogen-bond donors (Lipinski definition) is 2. The Morgan fingerprint density at radius 3 is 2.86 bits per heavy atom. The third-order valence-electron chi connectivity index (χ3n) is 4.43. The zero-order valence-electron chi connectivity index (χ0n) is 16.4. The molecule has 6 nitrogen and oxygen atoms in total. The quantitative estimate of drug-likeness (QED) is 0.494. The predicted octanol–water partition coefficient (Wildman–Crippen LogP) is 4.66. The van der Waals surface area contributed by atoms with E-state index in [1.165, 1.54) is 6.20 Å². The SMILES string of the molecule is CCCCNC(=O)Oc1ccc2c(ccn2NCCCc2ccncc2F)c1.Cl. The van der Waals surface area contributed by atoms with Crippen LogP contribution in [0, 0.1) is 5.82 Å². The number of hydrogen-bond acceptors (Lipinski definition) is 4. The van der Waals surface area contributed by atoms with Crippen LogP contribution in [0.1, 0.15) is 31.7 Å². The van der Waals surface area contributed by atoms with Crippen molar-refractivity contribution in [2.75, 3.05) is 18.5 Å². The summed E-state index contributed by atoms with van der Waals surface area (Å²) in [5.41, 5.74) is 4.97. The molecule has 0 aliphatic carbocycles. The van der Waals surface area contributed by atoms with Crippen molar-refractivity contribution in [3.05, 3.63) is 60.3 Å². The van der Waals surface area contributed by atoms with Gasteiger partial charge in [-0.15, -0.1) is 12.4 Å². The zero-order chi connectivity index (χ0) is 19.8. The molecule has 156 valence electrons. The number of rotatable bonds is 9. The van der Waals surface area contributed by atoms with E-state index in [1.807, 2.05) is 29.1 Å². The Bertz CT molecular complexity index is 932. The molecule has 1 amide bonds. The van der Waals surface area contributed by atoms with E-state index in [9.17, 15) is 9.18 Å². The highest BCUT2D eigenvalue weighted by Crippen LogP contribution is 2.21. The Balaban J connectivity index is 0.00000300. The number of amides is 1. The molecule has 2 heterocycles. The van der Waals surface area contributed by atoms with Crippen LogP contribution in [0.2, 0.25) is 0 Å². The number of fused-ring (bicyclic) bond motifs is 1. The molecule has 29 heavy (non-hydrogen) atoms. The highest BCUT2D eigenvalue weighted by molar-refractivity contribution is 5.85. The Kier molecular flexibility index (Phi) is 8.73. The second-order valence-electron chi connectivity index (χ2n) is 6.55. The summed E-state index contributed by atoms with van der Waals surface area (Å²) in [5.74, 6) is 0.243. The van der Waals surface area contributed by atoms with E-state index < -0.39 is 6.09 Å². The van der Waals surface area contributed by atoms with E-state index in [2.05, 4.69) is 22.7 Å². The number of aryl methyl sites for hydroxylation is 1. The van der Waals surface area contributed by atoms with Gasteiger partial charge in [0.1, 0.15) is 11.6 Å². The van der Waals surface area contributed by atoms with Crippen LogP contribution in [0.5, 0.6) is 5.75 Å². The third kappa shape index (κ3) is 6.35. The lowest BCUT2D eigenvalue weighted by Crippen LogP contribution is -2.27. The molecule has 8 heteroatoms. The number of unbranched alkanes of at least 4 members (excludes halogenated alkanes) is 1. The monoisotopic (exact) mass is 420 g/mol. The lowest BCUT2D eigenvalue weighted by atomic mass is 10.1. The summed E-state index contributed by atoms with van der Waals surface area (Å²) >= 11 is 0. The minimum absolute atomic E-state index is 0. The normalized spacial score (nSPS) is 10.4. The maximum absolute atomic E-state index is 13.6. The number of nitrogens with zero attached hydrogens (tertiary/aromatic N) is 2. The number of halogens is 2. The summed E-state index contributed by atoms with van der Waals surface area (Å²) in [6, 6.07) is 9.16. The van der Waals surface area contributed by atoms with Gasteiger partial charge in [-0.2, -0.15) is 0 Å². The van der Waals surface area contributed by atoms with Gasteiger partial charge in [0.05, 0.1) is 11.7 Å². The largest absolute Gasteiger partial charge is 0.412 e. The first-order valence-corrected chi connectivity index (χ1v) is 9.56. The van der Waals surface area contributed by atoms with Gasteiger partial charge >= 0.3 is 6.09 Å². The fourth-order valence-electron chi connectivity index (χ4n) is 2.92. The van der Waals surface area contributed by atoms with Crippen molar-refractivity contribution in [3.8, 4) is 5.75 Å². The standard InChI is InChI=1S/C21H25FN4O2.ClH/c1-2-3-10-24-21(27)28-18-6-7-20-17(14-18)9-13-26(20)25-11-4-5-16-8-12-23-15-19(16)22;/h6-9,12-15,25H,2-5,10-11H2,1H3,(H,24,27);1H. The van der Waals surface area contributed by atoms with Crippen LogP contribution in [0.25, 0.3) is 10.9 Å². The van der Waals surface area contributed by atoms with Crippen molar-refractivity contribution < 1.29 is 13.9 Å². The van der Waals surface area contributed by atoms with Gasteiger partial charge < -0.3 is 15.5 Å². The maximum atomic E-state index is 13.6. The van der Waals surface area contributed by atoms with E-state index in [0.717, 1.165) is 30.2 Å². The van der Waals surface area contributed by atoms with E-state index in [4.69, 9.17) is 4.74 Å². The molecule has 0 radical (unpaired) electrons. The molecule has 2 aromatic heterocycles. The number of carbonyl (C=O) groups excluding carboxylic acids is 1. The average Bonchev–Trinajstić information content (AvgIpc) is 3.09. The Morgan fingerprint density at radius 1 is 1.21 bits per heavy atom. The summed E-state index contributed by atoms with van der Waals surface area (Å²) < 4.78 is 20.8. The fraction of sp³-hybridized carbons (Fsp3) is 0.333. The molecule has 0 saturated heterocycles. The lowest BCUT2D eigenvalue weighted by Gasteiger charge is -2.10. The molecule has 0 fully saturated rings. The topological polar surface area (TPSA) is 68.2 Å². The molecule has 0 aliphatic rings. The van der Waals surface area contributed by atoms with Crippen molar-refractivity contribution in [2.24, 2.45) is 0 Å². The second-order valence-corrected chi connectivity index (χ2v) is 6.55. The Morgan fingerprint density at radius 2 is 2.07 bits per heavy atom. The van der Waals surface area contributed by atoms with Crippen molar-refractivity contribution in [1.82, 2.24) is 15.0 Å². The number of ether oxygens (including phenoxy) is 1. The predicted molar refractivity (Wildman–Crippen MR) is 115 cm³/mol. The van der Waals surface area contributed by atoms with Gasteiger partial charge in [0.2, 0.25) is 0 Å². The second kappa shape index (κ2) is 11.3. The number of nitrogens with one attached hydrogen (secondary N) is 2. The van der Waals surface area contributed by atoms with Crippen LogP contribution >= 0.6 is 12.4 Å². The molecule has 3 aromatic rings. The summed E-state index contributed by atoms with van der Waals surface area (Å²) in [6.07, 6.45) is 7.71. The third-order valence-corrected chi connectivity index (χ3v) is 4.43. The molecule has 0 unspecified atom stereocenters. The van der Waals surface area contributed by atoms with Gasteiger partial charge in [-0.25, -0.2) is 9.18 Å². The molecule has 0 saturated carbocycles. The zero-order valence-corrected chi connectivity index (χ0v) is 17.2. The van der Waals surface area contributed by atoms with Crippen LogP contribution in [0.4, 0.5) is 9.18 Å². The summed E-state index contributed by atoms with van der Waals surface area (Å²) in [4.78, 5) is 15.5. The first-order chi connectivity index (χ1) is 13.7. The fourth-order valence-corrected chi connectivity index (χ4v) is 2.92. The average molecular weight is 421 g/mol. The molecule has 2 N–H and O–H groups in total. The Hall–Kier alpha value is -2.80. The molecule has 1 aromatic carbocycles. The van der Waals surface area contributed by atoms with Gasteiger partial charge in [-0.1, -0.05) is 13.3 Å². The van der Waals surface area contributed by atoms with Crippen LogP contribution in [-0.2, 0) is 6.42 Å². The molecule has 0 aliphatic heterocycles. The van der Waals surface area contributed by atoms with Crippen LogP contribution in [0.15, 0.2) is 48.9 Å². The minimum atomic E-state index is -0.436. The number of pyridine rings is 1. The molecule has 0 atom stereocenters. The molecule has 3 rings (SSSR count). The summed E-state index contributed by atoms with van der Waals surface area (Å²) in [5, 5.41) is 3.69. The van der Waals surface area contributed by atoms with Gasteiger partial charge in [0, 0.05) is 30.9 Å². The van der Waals surface area contributed by atoms with Gasteiger partial charge in [0.15, 0.2) is 0 Å². The van der Waals surface area contributed by atoms with E-state index in [0.29, 0.717) is 30.8 Å². The highest BCUT2D eigenvalue weighted by Gasteiger charge is 2.07. The summed E-state index contributed by atoms with van der Waals surface area (Å²) in [6.45, 7) is 3.38. The first-order valence-electron chi connectivity index (χ1n) is 9.56. The number of aromatic nitrogens is 2. The van der Waals surface area contributed by atoms with Crippen molar-refractivity contribution in [2.45, 2.75) is 32.6 Å². The smallest absolute Gasteiger partial charge is 0.410 e. The first kappa shape index (κ1) is 22.5. The van der Waals surface area contributed by atoms with Crippen LogP contribution in [-0.4, -0.2) is 28.8 Å². The molecular weight excluding hydrogens is 395 g/mol. The van der Waals surface area contributed by atoms with E-state index >= 15 is 0 Å². The van der Waals surface area contributed by atoms with E-state index in [-0.39, 0.29) is 18.2 Å².